The monoisotopic (exact) mass is 267 g/mol. The van der Waals surface area contributed by atoms with Gasteiger partial charge in [0.05, 0.1) is 22.7 Å². The molecule has 0 bridgehead atoms. The Labute approximate surface area is 115 Å². The summed E-state index contributed by atoms with van der Waals surface area (Å²) < 4.78 is 2.22. The van der Waals surface area contributed by atoms with Crippen LogP contribution in [0.2, 0.25) is 0 Å². The molecule has 0 radical (unpaired) electrons. The van der Waals surface area contributed by atoms with Gasteiger partial charge in [0, 0.05) is 17.8 Å². The van der Waals surface area contributed by atoms with Crippen LogP contribution in [0, 0.1) is 11.3 Å². The van der Waals surface area contributed by atoms with Crippen molar-refractivity contribution in [1.82, 2.24) is 9.55 Å². The third-order valence-corrected chi connectivity index (χ3v) is 4.06. The van der Waals surface area contributed by atoms with E-state index in [1.807, 2.05) is 18.2 Å². The predicted octanol–water partition coefficient (Wildman–Crippen LogP) is 3.58. The summed E-state index contributed by atoms with van der Waals surface area (Å²) in [7, 11) is 0. The van der Waals surface area contributed by atoms with Crippen molar-refractivity contribution in [2.75, 3.05) is 0 Å². The normalized spacial score (nSPS) is 10.7. The topological polar surface area (TPSA) is 41.6 Å². The molecule has 2 aromatic heterocycles. The highest BCUT2D eigenvalue weighted by atomic mass is 32.1. The summed E-state index contributed by atoms with van der Waals surface area (Å²) in [5.41, 5.74) is 2.68. The smallest absolute Gasteiger partial charge is 0.115 e. The fraction of sp³-hybridized carbons (Fsp3) is 0.200. The number of aryl methyl sites for hydroxylation is 1. The number of hydrogen-bond acceptors (Lipinski definition) is 3. The summed E-state index contributed by atoms with van der Waals surface area (Å²) in [6, 6.07) is 12.1. The molecule has 19 heavy (non-hydrogen) atoms. The van der Waals surface area contributed by atoms with Gasteiger partial charge in [0.25, 0.3) is 0 Å². The van der Waals surface area contributed by atoms with Gasteiger partial charge in [0.15, 0.2) is 0 Å². The Morgan fingerprint density at radius 2 is 2.26 bits per heavy atom. The Hall–Kier alpha value is -2.12. The third-order valence-electron chi connectivity index (χ3n) is 3.19. The third kappa shape index (κ3) is 2.13. The van der Waals surface area contributed by atoms with E-state index in [-0.39, 0.29) is 0 Å². The second-order valence-electron chi connectivity index (χ2n) is 4.34. The quantitative estimate of drug-likeness (QED) is 0.728. The average Bonchev–Trinajstić information content (AvgIpc) is 3.05. The minimum atomic E-state index is 0.663. The van der Waals surface area contributed by atoms with Crippen LogP contribution < -0.4 is 0 Å². The predicted molar refractivity (Wildman–Crippen MR) is 77.2 cm³/mol. The lowest BCUT2D eigenvalue weighted by atomic mass is 10.2. The summed E-state index contributed by atoms with van der Waals surface area (Å²) >= 11 is 1.75. The molecule has 3 rings (SSSR count). The van der Waals surface area contributed by atoms with Gasteiger partial charge in [-0.3, -0.25) is 0 Å². The van der Waals surface area contributed by atoms with Crippen molar-refractivity contribution in [1.29, 1.82) is 5.26 Å². The molecule has 3 aromatic rings. The maximum Gasteiger partial charge on any atom is 0.115 e. The fourth-order valence-electron chi connectivity index (χ4n) is 2.31. The van der Waals surface area contributed by atoms with Crippen LogP contribution in [0.1, 0.15) is 23.2 Å². The molecule has 94 valence electrons. The molecule has 0 aliphatic rings. The number of aromatic nitrogens is 2. The van der Waals surface area contributed by atoms with Crippen molar-refractivity contribution in [2.24, 2.45) is 0 Å². The first-order chi connectivity index (χ1) is 9.31. The Morgan fingerprint density at radius 3 is 2.95 bits per heavy atom. The first kappa shape index (κ1) is 11.9. The minimum Gasteiger partial charge on any atom is -0.328 e. The van der Waals surface area contributed by atoms with Crippen LogP contribution in [-0.2, 0) is 13.0 Å². The lowest BCUT2D eigenvalue weighted by Crippen LogP contribution is -2.01. The number of fused-ring (bicyclic) bond motifs is 1. The van der Waals surface area contributed by atoms with Gasteiger partial charge in [-0.15, -0.1) is 11.3 Å². The second-order valence-corrected chi connectivity index (χ2v) is 5.38. The van der Waals surface area contributed by atoms with E-state index in [1.54, 1.807) is 11.3 Å². The molecule has 0 atom stereocenters. The summed E-state index contributed by atoms with van der Waals surface area (Å²) in [6.07, 6.45) is 0.849. The molecule has 0 unspecified atom stereocenters. The second kappa shape index (κ2) is 4.87. The first-order valence-electron chi connectivity index (χ1n) is 6.23. The van der Waals surface area contributed by atoms with Crippen LogP contribution >= 0.6 is 11.3 Å². The average molecular weight is 267 g/mol. The van der Waals surface area contributed by atoms with Crippen LogP contribution in [0.15, 0.2) is 35.7 Å². The molecule has 0 saturated carbocycles. The van der Waals surface area contributed by atoms with E-state index in [2.05, 4.69) is 40.1 Å². The molecule has 2 heterocycles. The van der Waals surface area contributed by atoms with Gasteiger partial charge in [-0.25, -0.2) is 4.98 Å². The molecule has 0 N–H and O–H groups in total. The van der Waals surface area contributed by atoms with E-state index in [0.717, 1.165) is 29.8 Å². The molecule has 0 saturated heterocycles. The first-order valence-corrected chi connectivity index (χ1v) is 7.11. The molecule has 0 aliphatic carbocycles. The van der Waals surface area contributed by atoms with Crippen molar-refractivity contribution < 1.29 is 0 Å². The van der Waals surface area contributed by atoms with Gasteiger partial charge in [-0.05, 0) is 36.6 Å². The Kier molecular flexibility index (Phi) is 3.06. The summed E-state index contributed by atoms with van der Waals surface area (Å²) in [4.78, 5) is 6.00. The number of hydrogen-bond donors (Lipinski definition) is 0. The molecular weight excluding hydrogens is 254 g/mol. The highest BCUT2D eigenvalue weighted by Crippen LogP contribution is 2.21. The van der Waals surface area contributed by atoms with Crippen molar-refractivity contribution in [3.63, 3.8) is 0 Å². The van der Waals surface area contributed by atoms with Gasteiger partial charge >= 0.3 is 0 Å². The van der Waals surface area contributed by atoms with Crippen LogP contribution in [0.3, 0.4) is 0 Å². The Bertz CT molecular complexity index is 748. The van der Waals surface area contributed by atoms with Crippen LogP contribution in [-0.4, -0.2) is 9.55 Å². The molecule has 0 fully saturated rings. The standard InChI is InChI=1S/C15H13N3S/c1-2-18-14-6-5-11(10-16)8-13(14)17-15(18)9-12-4-3-7-19-12/h3-8H,2,9H2,1H3. The van der Waals surface area contributed by atoms with Gasteiger partial charge < -0.3 is 4.57 Å². The van der Waals surface area contributed by atoms with E-state index >= 15 is 0 Å². The molecule has 0 aliphatic heterocycles. The molecule has 0 amide bonds. The number of nitrogens with zero attached hydrogens (tertiary/aromatic N) is 3. The van der Waals surface area contributed by atoms with Crippen molar-refractivity contribution in [2.45, 2.75) is 19.9 Å². The van der Waals surface area contributed by atoms with E-state index in [0.29, 0.717) is 5.56 Å². The number of imidazole rings is 1. The summed E-state index contributed by atoms with van der Waals surface area (Å²) in [5, 5.41) is 11.0. The summed E-state index contributed by atoms with van der Waals surface area (Å²) in [5.74, 6) is 1.06. The lowest BCUT2D eigenvalue weighted by molar-refractivity contribution is 0.736. The Morgan fingerprint density at radius 1 is 1.37 bits per heavy atom. The zero-order valence-corrected chi connectivity index (χ0v) is 11.4. The van der Waals surface area contributed by atoms with Crippen LogP contribution in [0.4, 0.5) is 0 Å². The van der Waals surface area contributed by atoms with Crippen LogP contribution in [0.5, 0.6) is 0 Å². The molecular formula is C15H13N3S. The highest BCUT2D eigenvalue weighted by molar-refractivity contribution is 7.09. The minimum absolute atomic E-state index is 0.663. The molecule has 1 aromatic carbocycles. The Balaban J connectivity index is 2.11. The van der Waals surface area contributed by atoms with E-state index in [4.69, 9.17) is 5.26 Å². The van der Waals surface area contributed by atoms with Crippen LogP contribution in [0.25, 0.3) is 11.0 Å². The number of benzene rings is 1. The van der Waals surface area contributed by atoms with Gasteiger partial charge in [-0.1, -0.05) is 6.07 Å². The number of nitriles is 1. The van der Waals surface area contributed by atoms with Gasteiger partial charge in [0.2, 0.25) is 0 Å². The number of rotatable bonds is 3. The van der Waals surface area contributed by atoms with Gasteiger partial charge in [0.1, 0.15) is 5.82 Å². The molecule has 0 spiro atoms. The van der Waals surface area contributed by atoms with E-state index < -0.39 is 0 Å². The summed E-state index contributed by atoms with van der Waals surface area (Å²) in [6.45, 7) is 3.01. The maximum absolute atomic E-state index is 8.95. The van der Waals surface area contributed by atoms with E-state index in [1.165, 1.54) is 4.88 Å². The molecule has 3 nitrogen and oxygen atoms in total. The number of thiophene rings is 1. The SMILES string of the molecule is CCn1c(Cc2cccs2)nc2cc(C#N)ccc21. The largest absolute Gasteiger partial charge is 0.328 e. The van der Waals surface area contributed by atoms with Crippen molar-refractivity contribution in [3.05, 3.63) is 52.0 Å². The highest BCUT2D eigenvalue weighted by Gasteiger charge is 2.11. The van der Waals surface area contributed by atoms with Crippen molar-refractivity contribution >= 4 is 22.4 Å². The zero-order valence-electron chi connectivity index (χ0n) is 10.6. The lowest BCUT2D eigenvalue weighted by Gasteiger charge is -2.04. The zero-order chi connectivity index (χ0) is 13.2. The van der Waals surface area contributed by atoms with E-state index in [9.17, 15) is 0 Å². The fourth-order valence-corrected chi connectivity index (χ4v) is 3.01. The molecule has 4 heteroatoms. The van der Waals surface area contributed by atoms with Crippen molar-refractivity contribution in [3.8, 4) is 6.07 Å². The maximum atomic E-state index is 8.95. The van der Waals surface area contributed by atoms with Gasteiger partial charge in [-0.2, -0.15) is 5.26 Å².